The summed E-state index contributed by atoms with van der Waals surface area (Å²) in [5, 5.41) is 2.49. The summed E-state index contributed by atoms with van der Waals surface area (Å²) in [7, 11) is 0. The highest BCUT2D eigenvalue weighted by atomic mass is 32.1. The molecule has 220 valence electrons. The number of para-hydroxylation sites is 1. The van der Waals surface area contributed by atoms with E-state index in [1.54, 1.807) is 30.3 Å². The number of anilines is 3. The monoisotopic (exact) mass is 614 g/mol. The fourth-order valence-electron chi connectivity index (χ4n) is 6.92. The van der Waals surface area contributed by atoms with Crippen molar-refractivity contribution in [3.63, 3.8) is 0 Å². The van der Waals surface area contributed by atoms with E-state index in [0.29, 0.717) is 22.6 Å². The van der Waals surface area contributed by atoms with E-state index in [2.05, 4.69) is 91.5 Å². The van der Waals surface area contributed by atoms with Crippen molar-refractivity contribution in [2.75, 3.05) is 4.90 Å². The van der Waals surface area contributed by atoms with E-state index in [9.17, 15) is 9.59 Å². The highest BCUT2D eigenvalue weighted by molar-refractivity contribution is 7.25. The summed E-state index contributed by atoms with van der Waals surface area (Å²) in [5.41, 5.74) is 6.43. The average molecular weight is 615 g/mol. The molecule has 9 rings (SSSR count). The number of allylic oxidation sites excluding steroid dienone is 1. The first kappa shape index (κ1) is 26.8. The van der Waals surface area contributed by atoms with Crippen LogP contribution >= 0.6 is 11.3 Å². The number of ketones is 2. The molecule has 0 unspecified atom stereocenters. The lowest BCUT2D eigenvalue weighted by Crippen LogP contribution is -2.17. The van der Waals surface area contributed by atoms with Crippen molar-refractivity contribution in [3.8, 4) is 11.5 Å². The summed E-state index contributed by atoms with van der Waals surface area (Å²) >= 11 is 1.81. The molecule has 4 aromatic carbocycles. The Kier molecular flexibility index (Phi) is 5.65. The fourth-order valence-corrected chi connectivity index (χ4v) is 8.01. The number of hydrogen-bond donors (Lipinski definition) is 0. The van der Waals surface area contributed by atoms with Crippen LogP contribution in [0, 0.1) is 0 Å². The minimum atomic E-state index is -0.420. The van der Waals surface area contributed by atoms with Gasteiger partial charge in [-0.25, -0.2) is 0 Å². The highest BCUT2D eigenvalue weighted by Gasteiger charge is 2.41. The summed E-state index contributed by atoms with van der Waals surface area (Å²) in [6.07, 6.45) is 3.47. The minimum Gasteiger partial charge on any atom is -0.455 e. The highest BCUT2D eigenvalue weighted by Crippen LogP contribution is 2.51. The van der Waals surface area contributed by atoms with E-state index < -0.39 is 5.41 Å². The molecular formula is C40H26N2O3S. The molecule has 2 aliphatic carbocycles. The van der Waals surface area contributed by atoms with E-state index in [1.165, 1.54) is 20.2 Å². The Morgan fingerprint density at radius 3 is 2.17 bits per heavy atom. The number of benzene rings is 4. The molecule has 7 aromatic rings. The minimum absolute atomic E-state index is 0.129. The summed E-state index contributed by atoms with van der Waals surface area (Å²) in [4.78, 5) is 33.3. The third kappa shape index (κ3) is 3.83. The summed E-state index contributed by atoms with van der Waals surface area (Å²) in [6, 6.07) is 36.6. The lowest BCUT2D eigenvalue weighted by Gasteiger charge is -2.27. The van der Waals surface area contributed by atoms with Crippen LogP contribution in [-0.2, 0) is 5.41 Å². The summed E-state index contributed by atoms with van der Waals surface area (Å²) in [5.74, 6) is 0.607. The normalized spacial score (nSPS) is 14.5. The number of hydrogen-bond acceptors (Lipinski definition) is 6. The van der Waals surface area contributed by atoms with Gasteiger partial charge in [-0.2, -0.15) is 0 Å². The second-order valence-electron chi connectivity index (χ2n) is 12.3. The largest absolute Gasteiger partial charge is 0.455 e. The maximum Gasteiger partial charge on any atom is 0.197 e. The number of furan rings is 1. The van der Waals surface area contributed by atoms with Crippen molar-refractivity contribution in [2.45, 2.75) is 19.3 Å². The van der Waals surface area contributed by atoms with Gasteiger partial charge in [-0.05, 0) is 60.2 Å². The molecule has 0 bridgehead atoms. The molecule has 0 aliphatic heterocycles. The van der Waals surface area contributed by atoms with Crippen molar-refractivity contribution < 1.29 is 14.0 Å². The zero-order chi connectivity index (χ0) is 31.2. The Morgan fingerprint density at radius 2 is 1.39 bits per heavy atom. The van der Waals surface area contributed by atoms with Gasteiger partial charge in [0.1, 0.15) is 11.5 Å². The van der Waals surface area contributed by atoms with Crippen LogP contribution in [0.4, 0.5) is 17.1 Å². The standard InChI is InChI=1S/C40H26N2O3S/c1-40(2)32-19-25(42(23-10-4-3-5-11-23)24-16-17-35-30(18-24)27-12-8-9-15-34(27)46-35)22-41-36(32)39-33(40)21-26(45-39)20-31-37(43)28-13-6-7-14-29(28)38(31)44/h3-22H,1-2H3. The maximum absolute atomic E-state index is 13.0. The topological polar surface area (TPSA) is 63.4 Å². The van der Waals surface area contributed by atoms with Gasteiger partial charge in [0.05, 0.1) is 17.5 Å². The first-order valence-corrected chi connectivity index (χ1v) is 16.0. The Bertz CT molecular complexity index is 2410. The first-order chi connectivity index (χ1) is 22.4. The number of nitrogens with zero attached hydrogens (tertiary/aromatic N) is 2. The van der Waals surface area contributed by atoms with Crippen LogP contribution in [0.3, 0.4) is 0 Å². The van der Waals surface area contributed by atoms with Crippen LogP contribution < -0.4 is 4.90 Å². The van der Waals surface area contributed by atoms with Gasteiger partial charge in [-0.1, -0.05) is 74.5 Å². The Morgan fingerprint density at radius 1 is 0.696 bits per heavy atom. The zero-order valence-electron chi connectivity index (χ0n) is 25.1. The van der Waals surface area contributed by atoms with Crippen LogP contribution in [-0.4, -0.2) is 16.6 Å². The van der Waals surface area contributed by atoms with Crippen molar-refractivity contribution in [2.24, 2.45) is 0 Å². The second-order valence-corrected chi connectivity index (χ2v) is 13.4. The molecule has 46 heavy (non-hydrogen) atoms. The van der Waals surface area contributed by atoms with Crippen molar-refractivity contribution in [1.29, 1.82) is 0 Å². The van der Waals surface area contributed by atoms with Gasteiger partial charge >= 0.3 is 0 Å². The van der Waals surface area contributed by atoms with Crippen LogP contribution in [0.1, 0.15) is 51.5 Å². The van der Waals surface area contributed by atoms with Crippen LogP contribution in [0.2, 0.25) is 0 Å². The third-order valence-electron chi connectivity index (χ3n) is 9.27. The number of carbonyl (C=O) groups excluding carboxylic acids is 2. The Hall–Kier alpha value is -5.59. The Labute approximate surface area is 269 Å². The lowest BCUT2D eigenvalue weighted by atomic mass is 9.83. The number of Topliss-reactive ketones (excluding diaryl/α,β-unsaturated/α-hetero) is 2. The molecular weight excluding hydrogens is 589 g/mol. The SMILES string of the molecule is CC1(C)c2cc(N(c3ccccc3)c3ccc4sc5ccccc5c4c3)cnc2-c2oc(C=C3C(=O)c4ccccc4C3=O)cc21. The molecule has 0 saturated heterocycles. The van der Waals surface area contributed by atoms with Gasteiger partial charge in [-0.15, -0.1) is 11.3 Å². The van der Waals surface area contributed by atoms with Gasteiger partial charge in [0.2, 0.25) is 0 Å². The number of aromatic nitrogens is 1. The maximum atomic E-state index is 13.0. The predicted octanol–water partition coefficient (Wildman–Crippen LogP) is 10.3. The van der Waals surface area contributed by atoms with E-state index in [0.717, 1.165) is 33.9 Å². The molecule has 2 aliphatic rings. The molecule has 0 fully saturated rings. The molecule has 0 amide bonds. The number of pyridine rings is 1. The van der Waals surface area contributed by atoms with Crippen LogP contribution in [0.15, 0.2) is 125 Å². The summed E-state index contributed by atoms with van der Waals surface area (Å²) < 4.78 is 8.87. The van der Waals surface area contributed by atoms with Gasteiger partial charge in [-0.3, -0.25) is 14.6 Å². The number of rotatable bonds is 4. The molecule has 3 aromatic heterocycles. The molecule has 6 heteroatoms. The molecule has 5 nitrogen and oxygen atoms in total. The number of thiophene rings is 1. The third-order valence-corrected chi connectivity index (χ3v) is 10.4. The van der Waals surface area contributed by atoms with Gasteiger partial charge in [0, 0.05) is 53.7 Å². The molecule has 3 heterocycles. The fraction of sp³-hybridized carbons (Fsp3) is 0.0750. The van der Waals surface area contributed by atoms with Crippen LogP contribution in [0.5, 0.6) is 0 Å². The van der Waals surface area contributed by atoms with Gasteiger partial charge in [0.25, 0.3) is 0 Å². The van der Waals surface area contributed by atoms with E-state index >= 15 is 0 Å². The van der Waals surface area contributed by atoms with Gasteiger partial charge in [0.15, 0.2) is 17.3 Å². The number of carbonyl (C=O) groups is 2. The average Bonchev–Trinajstić information content (AvgIpc) is 3.79. The van der Waals surface area contributed by atoms with E-state index in [4.69, 9.17) is 9.40 Å². The molecule has 0 atom stereocenters. The second kappa shape index (κ2) is 9.70. The quantitative estimate of drug-likeness (QED) is 0.146. The van der Waals surface area contributed by atoms with Crippen molar-refractivity contribution in [1.82, 2.24) is 4.98 Å². The van der Waals surface area contributed by atoms with E-state index in [-0.39, 0.29) is 17.1 Å². The molecule has 0 saturated carbocycles. The predicted molar refractivity (Wildman–Crippen MR) is 185 cm³/mol. The van der Waals surface area contributed by atoms with Crippen molar-refractivity contribution in [3.05, 3.63) is 149 Å². The molecule has 0 radical (unpaired) electrons. The zero-order valence-corrected chi connectivity index (χ0v) is 25.9. The van der Waals surface area contributed by atoms with E-state index in [1.807, 2.05) is 29.7 Å². The van der Waals surface area contributed by atoms with Crippen molar-refractivity contribution >= 4 is 66.2 Å². The first-order valence-electron chi connectivity index (χ1n) is 15.2. The summed E-state index contributed by atoms with van der Waals surface area (Å²) in [6.45, 7) is 4.32. The van der Waals surface area contributed by atoms with Crippen LogP contribution in [0.25, 0.3) is 37.7 Å². The van der Waals surface area contributed by atoms with Gasteiger partial charge < -0.3 is 9.32 Å². The lowest BCUT2D eigenvalue weighted by molar-refractivity contribution is 0.0990. The Balaban J connectivity index is 1.14. The number of fused-ring (bicyclic) bond motifs is 7. The smallest absolute Gasteiger partial charge is 0.197 e. The molecule has 0 spiro atoms. The molecule has 0 N–H and O–H groups in total.